The van der Waals surface area contributed by atoms with Gasteiger partial charge in [0.1, 0.15) is 0 Å². The van der Waals surface area contributed by atoms with E-state index in [4.69, 9.17) is 25.8 Å². The first-order valence-corrected chi connectivity index (χ1v) is 8.14. The molecule has 144 valence electrons. The molecule has 2 rings (SSSR count). The third-order valence-electron chi connectivity index (χ3n) is 3.50. The van der Waals surface area contributed by atoms with Crippen molar-refractivity contribution < 1.29 is 38.2 Å². The third-order valence-corrected chi connectivity index (χ3v) is 3.75. The number of benzene rings is 1. The Morgan fingerprint density at radius 2 is 1.22 bits per heavy atom. The van der Waals surface area contributed by atoms with E-state index in [9.17, 15) is 24.0 Å². The number of amides is 2. The summed E-state index contributed by atoms with van der Waals surface area (Å²) in [6, 6.07) is 5.66. The van der Waals surface area contributed by atoms with Crippen LogP contribution in [-0.2, 0) is 38.2 Å². The number of hydrogen-bond acceptors (Lipinski definition) is 8. The Balaban J connectivity index is 2.53. The van der Waals surface area contributed by atoms with E-state index in [1.54, 1.807) is 0 Å². The number of carbonyl (C=O) groups excluding carboxylic acids is 5. The number of halogens is 1. The molecule has 0 bridgehead atoms. The number of anilines is 1. The molecule has 1 fully saturated rings. The van der Waals surface area contributed by atoms with E-state index in [2.05, 4.69) is 0 Å². The van der Waals surface area contributed by atoms with Crippen LogP contribution < -0.4 is 4.90 Å². The van der Waals surface area contributed by atoms with Crippen molar-refractivity contribution in [1.29, 1.82) is 0 Å². The first kappa shape index (κ1) is 20.4. The van der Waals surface area contributed by atoms with Crippen LogP contribution in [0.2, 0.25) is 5.02 Å². The molecule has 1 aliphatic heterocycles. The van der Waals surface area contributed by atoms with Crippen LogP contribution in [-0.4, -0.2) is 48.0 Å². The molecule has 1 unspecified atom stereocenters. The molecular weight excluding hydrogens is 382 g/mol. The Morgan fingerprint density at radius 3 is 1.59 bits per heavy atom. The molecule has 9 nitrogen and oxygen atoms in total. The Hall–Kier alpha value is -2.94. The third kappa shape index (κ3) is 4.62. The molecule has 2 amide bonds. The highest BCUT2D eigenvalue weighted by atomic mass is 35.5. The minimum atomic E-state index is -1.68. The largest absolute Gasteiger partial charge is 0.453 e. The summed E-state index contributed by atoms with van der Waals surface area (Å²) in [5.41, 5.74) is 0.116. The maximum atomic E-state index is 12.8. The normalized spacial score (nSPS) is 22.2. The van der Waals surface area contributed by atoms with Gasteiger partial charge < -0.3 is 14.2 Å². The molecule has 27 heavy (non-hydrogen) atoms. The van der Waals surface area contributed by atoms with Gasteiger partial charge in [0.05, 0.1) is 5.69 Å². The summed E-state index contributed by atoms with van der Waals surface area (Å²) in [5, 5.41) is 0.363. The van der Waals surface area contributed by atoms with Gasteiger partial charge in [-0.2, -0.15) is 0 Å². The van der Waals surface area contributed by atoms with Gasteiger partial charge in [0.2, 0.25) is 12.2 Å². The summed E-state index contributed by atoms with van der Waals surface area (Å²) in [6.07, 6.45) is -4.97. The average Bonchev–Trinajstić information content (AvgIpc) is 2.56. The van der Waals surface area contributed by atoms with Crippen LogP contribution in [0.5, 0.6) is 0 Å². The molecule has 3 atom stereocenters. The smallest absolute Gasteiger partial charge is 0.303 e. The Labute approximate surface area is 159 Å². The Morgan fingerprint density at radius 1 is 0.815 bits per heavy atom. The van der Waals surface area contributed by atoms with E-state index in [1.807, 2.05) is 0 Å². The lowest BCUT2D eigenvalue weighted by molar-refractivity contribution is -0.191. The lowest BCUT2D eigenvalue weighted by Crippen LogP contribution is -2.65. The van der Waals surface area contributed by atoms with Gasteiger partial charge >= 0.3 is 17.9 Å². The van der Waals surface area contributed by atoms with Crippen molar-refractivity contribution in [3.63, 3.8) is 0 Å². The fourth-order valence-corrected chi connectivity index (χ4v) is 2.68. The van der Waals surface area contributed by atoms with Gasteiger partial charge in [-0.15, -0.1) is 0 Å². The van der Waals surface area contributed by atoms with Crippen LogP contribution in [0.25, 0.3) is 0 Å². The van der Waals surface area contributed by atoms with E-state index < -0.39 is 48.0 Å². The van der Waals surface area contributed by atoms with Crippen LogP contribution in [0.15, 0.2) is 24.3 Å². The van der Waals surface area contributed by atoms with Crippen molar-refractivity contribution >= 4 is 47.0 Å². The zero-order chi connectivity index (χ0) is 20.3. The molecular formula is C17H16ClNO8. The van der Waals surface area contributed by atoms with Gasteiger partial charge in [0.15, 0.2) is 6.10 Å². The van der Waals surface area contributed by atoms with E-state index in [0.29, 0.717) is 9.92 Å². The van der Waals surface area contributed by atoms with E-state index in [1.165, 1.54) is 24.3 Å². The van der Waals surface area contributed by atoms with E-state index >= 15 is 0 Å². The van der Waals surface area contributed by atoms with Crippen molar-refractivity contribution in [2.45, 2.75) is 39.1 Å². The van der Waals surface area contributed by atoms with Gasteiger partial charge in [-0.1, -0.05) is 11.6 Å². The quantitative estimate of drug-likeness (QED) is 0.420. The number of esters is 3. The van der Waals surface area contributed by atoms with Crippen LogP contribution in [0.4, 0.5) is 5.69 Å². The van der Waals surface area contributed by atoms with Crippen molar-refractivity contribution in [3.05, 3.63) is 29.3 Å². The van der Waals surface area contributed by atoms with Gasteiger partial charge in [0.25, 0.3) is 11.8 Å². The minimum absolute atomic E-state index is 0.116. The van der Waals surface area contributed by atoms with Crippen LogP contribution in [0.3, 0.4) is 0 Å². The summed E-state index contributed by atoms with van der Waals surface area (Å²) in [5.74, 6) is -4.45. The molecule has 0 aliphatic carbocycles. The van der Waals surface area contributed by atoms with Gasteiger partial charge in [-0.25, -0.2) is 4.90 Å². The molecule has 1 saturated heterocycles. The Bertz CT molecular complexity index is 755. The van der Waals surface area contributed by atoms with Gasteiger partial charge in [-0.05, 0) is 24.3 Å². The topological polar surface area (TPSA) is 116 Å². The maximum Gasteiger partial charge on any atom is 0.303 e. The van der Waals surface area contributed by atoms with Gasteiger partial charge in [-0.3, -0.25) is 24.0 Å². The van der Waals surface area contributed by atoms with E-state index in [-0.39, 0.29) is 5.69 Å². The minimum Gasteiger partial charge on any atom is -0.453 e. The molecule has 0 spiro atoms. The first-order valence-electron chi connectivity index (χ1n) is 7.77. The number of nitrogens with zero attached hydrogens (tertiary/aromatic N) is 1. The number of rotatable bonds is 4. The second kappa shape index (κ2) is 8.17. The fourth-order valence-electron chi connectivity index (χ4n) is 2.56. The molecule has 0 N–H and O–H groups in total. The van der Waals surface area contributed by atoms with Crippen molar-refractivity contribution in [2.75, 3.05) is 4.90 Å². The summed E-state index contributed by atoms with van der Waals surface area (Å²) >= 11 is 5.81. The monoisotopic (exact) mass is 397 g/mol. The molecule has 1 heterocycles. The predicted octanol–water partition coefficient (Wildman–Crippen LogP) is 1.01. The summed E-state index contributed by atoms with van der Waals surface area (Å²) < 4.78 is 14.9. The highest BCUT2D eigenvalue weighted by Gasteiger charge is 2.54. The number of carbonyl (C=O) groups is 5. The van der Waals surface area contributed by atoms with Crippen LogP contribution in [0.1, 0.15) is 20.8 Å². The van der Waals surface area contributed by atoms with Crippen molar-refractivity contribution in [2.24, 2.45) is 0 Å². The summed E-state index contributed by atoms with van der Waals surface area (Å²) in [4.78, 5) is 60.7. The fraction of sp³-hybridized carbons (Fsp3) is 0.353. The van der Waals surface area contributed by atoms with Crippen molar-refractivity contribution in [1.82, 2.24) is 0 Å². The Kier molecular flexibility index (Phi) is 6.17. The number of imide groups is 1. The molecule has 0 saturated carbocycles. The second-order valence-corrected chi connectivity index (χ2v) is 6.06. The van der Waals surface area contributed by atoms with Crippen LogP contribution >= 0.6 is 11.6 Å². The predicted molar refractivity (Wildman–Crippen MR) is 90.6 cm³/mol. The highest BCUT2D eigenvalue weighted by molar-refractivity contribution is 6.30. The maximum absolute atomic E-state index is 12.8. The summed E-state index contributed by atoms with van der Waals surface area (Å²) in [6.45, 7) is 3.13. The lowest BCUT2D eigenvalue weighted by atomic mass is 9.98. The molecule has 1 aliphatic rings. The zero-order valence-electron chi connectivity index (χ0n) is 14.6. The molecule has 0 aromatic heterocycles. The summed E-state index contributed by atoms with van der Waals surface area (Å²) in [7, 11) is 0. The van der Waals surface area contributed by atoms with Crippen LogP contribution in [0, 0.1) is 0 Å². The number of hydrogen-bond donors (Lipinski definition) is 0. The number of ether oxygens (including phenoxy) is 3. The standard InChI is InChI=1S/C17H16ClNO8/c1-8(20)25-13-14(26-9(2)21)16(23)19(12-6-4-11(18)5-7-12)17(24)15(13)27-10(3)22/h4-7,13-15H,1-3H3/t13?,14-,15+. The second-order valence-electron chi connectivity index (χ2n) is 5.62. The lowest BCUT2D eigenvalue weighted by Gasteiger charge is -2.39. The van der Waals surface area contributed by atoms with E-state index in [0.717, 1.165) is 20.8 Å². The van der Waals surface area contributed by atoms with Crippen molar-refractivity contribution in [3.8, 4) is 0 Å². The molecule has 0 radical (unpaired) electrons. The zero-order valence-corrected chi connectivity index (χ0v) is 15.4. The van der Waals surface area contributed by atoms with Gasteiger partial charge in [0, 0.05) is 25.8 Å². The molecule has 1 aromatic rings. The number of piperidine rings is 1. The molecule has 1 aromatic carbocycles. The SMILES string of the molecule is CC(=O)OC1[C@H](OC(C)=O)C(=O)N(c2ccc(Cl)cc2)C(=O)[C@@H]1OC(C)=O. The average molecular weight is 398 g/mol. The first-order chi connectivity index (χ1) is 12.6. The molecule has 10 heteroatoms. The highest BCUT2D eigenvalue weighted by Crippen LogP contribution is 2.29.